The van der Waals surface area contributed by atoms with Crippen LogP contribution in [0.4, 0.5) is 22.7 Å². The van der Waals surface area contributed by atoms with Gasteiger partial charge in [-0.2, -0.15) is 5.26 Å². The van der Waals surface area contributed by atoms with E-state index in [-0.39, 0.29) is 23.5 Å². The van der Waals surface area contributed by atoms with E-state index in [1.807, 2.05) is 24.3 Å². The summed E-state index contributed by atoms with van der Waals surface area (Å²) >= 11 is 0. The van der Waals surface area contributed by atoms with E-state index in [4.69, 9.17) is 26.2 Å². The van der Waals surface area contributed by atoms with Crippen LogP contribution in [-0.4, -0.2) is 43.8 Å². The average molecular weight is 441 g/mol. The summed E-state index contributed by atoms with van der Waals surface area (Å²) < 4.78 is 10.2. The lowest BCUT2D eigenvalue weighted by atomic mass is 10.2. The highest BCUT2D eigenvalue weighted by molar-refractivity contribution is 5.81. The van der Waals surface area contributed by atoms with Crippen molar-refractivity contribution in [3.63, 3.8) is 0 Å². The Morgan fingerprint density at radius 2 is 1.91 bits per heavy atom. The maximum atomic E-state index is 10.8. The number of nitrogens with two attached hydrogens (primary N) is 2. The van der Waals surface area contributed by atoms with Crippen LogP contribution in [0.1, 0.15) is 12.5 Å². The zero-order valence-electron chi connectivity index (χ0n) is 17.9. The Hall–Kier alpha value is -4.10. The number of nitriles is 1. The maximum Gasteiger partial charge on any atom is 0.330 e. The van der Waals surface area contributed by atoms with E-state index in [1.54, 1.807) is 6.07 Å². The van der Waals surface area contributed by atoms with Crippen LogP contribution in [0.3, 0.4) is 0 Å². The second kappa shape index (κ2) is 14.0. The van der Waals surface area contributed by atoms with Crippen LogP contribution in [0, 0.1) is 21.4 Å². The van der Waals surface area contributed by atoms with E-state index < -0.39 is 10.9 Å². The van der Waals surface area contributed by atoms with E-state index >= 15 is 0 Å². The third-order valence-electron chi connectivity index (χ3n) is 4.15. The monoisotopic (exact) mass is 441 g/mol. The van der Waals surface area contributed by atoms with Crippen molar-refractivity contribution in [2.75, 3.05) is 49.3 Å². The first-order valence-corrected chi connectivity index (χ1v) is 9.73. The van der Waals surface area contributed by atoms with Crippen LogP contribution in [0.2, 0.25) is 0 Å². The average Bonchev–Trinajstić information content (AvgIpc) is 2.79. The molecule has 2 aromatic rings. The number of nitrogens with zero attached hydrogens (tertiary/aromatic N) is 3. The summed E-state index contributed by atoms with van der Waals surface area (Å²) in [4.78, 5) is 22.7. The van der Waals surface area contributed by atoms with E-state index in [1.165, 1.54) is 12.1 Å². The first kappa shape index (κ1) is 25.9. The quantitative estimate of drug-likeness (QED) is 0.141. The molecule has 0 saturated carbocycles. The van der Waals surface area contributed by atoms with Gasteiger partial charge in [-0.1, -0.05) is 6.58 Å². The van der Waals surface area contributed by atoms with Gasteiger partial charge in [0.15, 0.2) is 0 Å². The van der Waals surface area contributed by atoms with Crippen LogP contribution >= 0.6 is 0 Å². The van der Waals surface area contributed by atoms with Gasteiger partial charge in [-0.05, 0) is 37.3 Å². The number of hydrogen-bond acceptors (Lipinski definition) is 9. The topological polar surface area (TPSA) is 158 Å². The van der Waals surface area contributed by atoms with Crippen molar-refractivity contribution in [2.45, 2.75) is 6.92 Å². The fourth-order valence-corrected chi connectivity index (χ4v) is 2.45. The molecule has 2 aromatic carbocycles. The molecule has 0 fully saturated rings. The lowest BCUT2D eigenvalue weighted by molar-refractivity contribution is -0.384. The Bertz CT molecular complexity index is 941. The minimum atomic E-state index is -0.569. The number of nitrogen functional groups attached to an aromatic ring is 2. The molecule has 10 heteroatoms. The van der Waals surface area contributed by atoms with Crippen LogP contribution in [0.25, 0.3) is 0 Å². The van der Waals surface area contributed by atoms with Gasteiger partial charge in [0.1, 0.15) is 12.7 Å². The summed E-state index contributed by atoms with van der Waals surface area (Å²) in [5.74, 6) is -0.425. The van der Waals surface area contributed by atoms with E-state index in [0.29, 0.717) is 13.2 Å². The summed E-state index contributed by atoms with van der Waals surface area (Å²) in [6.45, 7) is 8.28. The Balaban J connectivity index is 0.000000363. The van der Waals surface area contributed by atoms with Crippen molar-refractivity contribution in [1.82, 2.24) is 0 Å². The van der Waals surface area contributed by atoms with Crippen molar-refractivity contribution >= 4 is 28.7 Å². The SMILES string of the molecule is C=CC(=O)OCCOCCN(CC)c1ccc(N)cc1.N#Cc1cc([N+](=O)[O-])ccc1N. The van der Waals surface area contributed by atoms with Crippen LogP contribution < -0.4 is 16.4 Å². The molecule has 10 nitrogen and oxygen atoms in total. The molecule has 0 amide bonds. The standard InChI is InChI=1S/C15H22N2O3.C7H5N3O2/c1-3-15(18)20-12-11-19-10-9-17(4-2)14-7-5-13(16)6-8-14;8-4-5-3-6(10(11)12)1-2-7(5)9/h3,5-8H,1,4,9-12,16H2,2H3;1-3H,9H2. The Kier molecular flexibility index (Phi) is 11.3. The lowest BCUT2D eigenvalue weighted by Gasteiger charge is -2.23. The zero-order chi connectivity index (χ0) is 23.9. The van der Waals surface area contributed by atoms with Gasteiger partial charge in [-0.25, -0.2) is 4.79 Å². The molecule has 0 saturated heterocycles. The second-order valence-corrected chi connectivity index (χ2v) is 6.30. The maximum absolute atomic E-state index is 10.8. The third kappa shape index (κ3) is 9.15. The molecule has 0 unspecified atom stereocenters. The number of nitro groups is 1. The number of likely N-dealkylation sites (N-methyl/N-ethyl adjacent to an activating group) is 1. The first-order chi connectivity index (χ1) is 15.3. The lowest BCUT2D eigenvalue weighted by Crippen LogP contribution is -2.27. The zero-order valence-corrected chi connectivity index (χ0v) is 17.9. The molecule has 0 atom stereocenters. The molecule has 0 heterocycles. The van der Waals surface area contributed by atoms with Crippen molar-refractivity contribution in [2.24, 2.45) is 0 Å². The molecular weight excluding hydrogens is 414 g/mol. The van der Waals surface area contributed by atoms with Crippen LogP contribution in [0.15, 0.2) is 55.1 Å². The van der Waals surface area contributed by atoms with Gasteiger partial charge < -0.3 is 25.8 Å². The molecule has 0 bridgehead atoms. The molecule has 4 N–H and O–H groups in total. The van der Waals surface area contributed by atoms with Gasteiger partial charge in [-0.3, -0.25) is 10.1 Å². The highest BCUT2D eigenvalue weighted by Crippen LogP contribution is 2.18. The number of carbonyl (C=O) groups excluding carboxylic acids is 1. The molecule has 0 aliphatic rings. The first-order valence-electron chi connectivity index (χ1n) is 9.73. The highest BCUT2D eigenvalue weighted by atomic mass is 16.6. The summed E-state index contributed by atoms with van der Waals surface area (Å²) in [5.41, 5.74) is 13.1. The molecular formula is C22H27N5O5. The molecule has 0 aliphatic carbocycles. The molecule has 0 spiro atoms. The van der Waals surface area contributed by atoms with E-state index in [0.717, 1.165) is 36.6 Å². The fourth-order valence-electron chi connectivity index (χ4n) is 2.45. The predicted molar refractivity (Wildman–Crippen MR) is 123 cm³/mol. The number of benzene rings is 2. The largest absolute Gasteiger partial charge is 0.460 e. The smallest absolute Gasteiger partial charge is 0.330 e. The predicted octanol–water partition coefficient (Wildman–Crippen LogP) is 2.89. The van der Waals surface area contributed by atoms with Crippen LogP contribution in [0.5, 0.6) is 0 Å². The number of rotatable bonds is 10. The number of nitro benzene ring substituents is 1. The van der Waals surface area contributed by atoms with Crippen LogP contribution in [-0.2, 0) is 14.3 Å². The van der Waals surface area contributed by atoms with E-state index in [2.05, 4.69) is 18.4 Å². The van der Waals surface area contributed by atoms with Gasteiger partial charge in [0.05, 0.1) is 23.7 Å². The minimum absolute atomic E-state index is 0.124. The van der Waals surface area contributed by atoms with Gasteiger partial charge in [0.25, 0.3) is 5.69 Å². The van der Waals surface area contributed by atoms with Gasteiger partial charge in [0.2, 0.25) is 0 Å². The van der Waals surface area contributed by atoms with Crippen molar-refractivity contribution < 1.29 is 19.2 Å². The van der Waals surface area contributed by atoms with Gasteiger partial charge >= 0.3 is 5.97 Å². The number of ether oxygens (including phenoxy) is 2. The van der Waals surface area contributed by atoms with Gasteiger partial charge in [-0.15, -0.1) is 0 Å². The third-order valence-corrected chi connectivity index (χ3v) is 4.15. The summed E-state index contributed by atoms with van der Waals surface area (Å²) in [6, 6.07) is 13.3. The fraction of sp³-hybridized carbons (Fsp3) is 0.273. The number of hydrogen-bond donors (Lipinski definition) is 2. The molecule has 32 heavy (non-hydrogen) atoms. The summed E-state index contributed by atoms with van der Waals surface area (Å²) in [7, 11) is 0. The molecule has 170 valence electrons. The number of esters is 1. The highest BCUT2D eigenvalue weighted by Gasteiger charge is 2.08. The van der Waals surface area contributed by atoms with Crippen molar-refractivity contribution in [3.05, 3.63) is 70.8 Å². The number of non-ortho nitro benzene ring substituents is 1. The Morgan fingerprint density at radius 1 is 1.22 bits per heavy atom. The molecule has 0 radical (unpaired) electrons. The molecule has 0 aliphatic heterocycles. The number of anilines is 3. The summed E-state index contributed by atoms with van der Waals surface area (Å²) in [5, 5.41) is 18.7. The summed E-state index contributed by atoms with van der Waals surface area (Å²) in [6.07, 6.45) is 1.14. The normalized spacial score (nSPS) is 9.62. The minimum Gasteiger partial charge on any atom is -0.460 e. The van der Waals surface area contributed by atoms with Crippen molar-refractivity contribution in [3.8, 4) is 6.07 Å². The Labute approximate surface area is 186 Å². The number of carbonyl (C=O) groups is 1. The second-order valence-electron chi connectivity index (χ2n) is 6.30. The Morgan fingerprint density at radius 3 is 2.47 bits per heavy atom. The van der Waals surface area contributed by atoms with E-state index in [9.17, 15) is 14.9 Å². The molecule has 0 aromatic heterocycles. The molecule has 2 rings (SSSR count). The van der Waals surface area contributed by atoms with Crippen molar-refractivity contribution in [1.29, 1.82) is 5.26 Å². The van der Waals surface area contributed by atoms with Gasteiger partial charge in [0, 0.05) is 48.4 Å².